The van der Waals surface area contributed by atoms with Gasteiger partial charge < -0.3 is 19.9 Å². The van der Waals surface area contributed by atoms with E-state index in [1.165, 1.54) is 4.68 Å². The molecule has 2 aromatic rings. The van der Waals surface area contributed by atoms with Crippen molar-refractivity contribution in [1.29, 1.82) is 0 Å². The van der Waals surface area contributed by atoms with Gasteiger partial charge in [-0.25, -0.2) is 9.66 Å². The molecule has 0 aliphatic heterocycles. The van der Waals surface area contributed by atoms with Crippen molar-refractivity contribution in [2.24, 2.45) is 5.10 Å². The molecule has 1 heterocycles. The largest absolute Gasteiger partial charge is 0.493 e. The first-order valence-electron chi connectivity index (χ1n) is 7.38. The third-order valence-electron chi connectivity index (χ3n) is 3.04. The Labute approximate surface area is 135 Å². The molecule has 124 valence electrons. The lowest BCUT2D eigenvalue weighted by Gasteiger charge is -2.11. The van der Waals surface area contributed by atoms with E-state index in [9.17, 15) is 0 Å². The summed E-state index contributed by atoms with van der Waals surface area (Å²) in [6.07, 6.45) is 3.45. The predicted octanol–water partition coefficient (Wildman–Crippen LogP) is 2.08. The van der Waals surface area contributed by atoms with Gasteiger partial charge in [-0.1, -0.05) is 0 Å². The van der Waals surface area contributed by atoms with Crippen LogP contribution in [0.5, 0.6) is 11.5 Å². The fraction of sp³-hybridized carbons (Fsp3) is 0.375. The normalized spacial score (nSPS) is 11.1. The maximum atomic E-state index is 5.75. The molecule has 23 heavy (non-hydrogen) atoms. The lowest BCUT2D eigenvalue weighted by atomic mass is 10.2. The van der Waals surface area contributed by atoms with Crippen molar-refractivity contribution in [3.8, 4) is 11.5 Å². The fourth-order valence-corrected chi connectivity index (χ4v) is 1.97. The zero-order valence-corrected chi connectivity index (χ0v) is 13.7. The highest BCUT2D eigenvalue weighted by Crippen LogP contribution is 2.27. The quantitative estimate of drug-likeness (QED) is 0.595. The van der Waals surface area contributed by atoms with Crippen LogP contribution in [0.2, 0.25) is 0 Å². The maximum absolute atomic E-state index is 5.75. The molecule has 0 saturated heterocycles. The molecule has 1 aromatic heterocycles. The molecule has 0 bridgehead atoms. The first-order valence-corrected chi connectivity index (χ1v) is 7.38. The average molecular weight is 318 g/mol. The van der Waals surface area contributed by atoms with E-state index in [1.807, 2.05) is 32.0 Å². The number of anilines is 1. The molecule has 0 fully saturated rings. The van der Waals surface area contributed by atoms with E-state index in [1.54, 1.807) is 19.5 Å². The summed E-state index contributed by atoms with van der Waals surface area (Å²) in [6.45, 7) is 5.46. The number of aryl methyl sites for hydroxylation is 1. The summed E-state index contributed by atoms with van der Waals surface area (Å²) in [7, 11) is 1.60. The molecule has 2 N–H and O–H groups in total. The van der Waals surface area contributed by atoms with Gasteiger partial charge in [0.15, 0.2) is 11.5 Å². The Hall–Kier alpha value is -2.54. The summed E-state index contributed by atoms with van der Waals surface area (Å²) in [5.74, 6) is 1.66. The van der Waals surface area contributed by atoms with E-state index < -0.39 is 0 Å². The van der Waals surface area contributed by atoms with Gasteiger partial charge in [0.25, 0.3) is 0 Å². The summed E-state index contributed by atoms with van der Waals surface area (Å²) in [5, 5.41) is 4.29. The van der Waals surface area contributed by atoms with Crippen LogP contribution in [0.3, 0.4) is 0 Å². The molecule has 0 amide bonds. The summed E-state index contributed by atoms with van der Waals surface area (Å²) in [6, 6.07) is 5.58. The number of nitrogens with zero attached hydrogens (tertiary/aromatic N) is 3. The Morgan fingerprint density at radius 2 is 2.13 bits per heavy atom. The molecule has 7 nitrogen and oxygen atoms in total. The van der Waals surface area contributed by atoms with Crippen LogP contribution in [-0.2, 0) is 4.74 Å². The molecular formula is C16H22N4O3. The van der Waals surface area contributed by atoms with Gasteiger partial charge in [0, 0.05) is 6.61 Å². The second-order valence-corrected chi connectivity index (χ2v) is 4.79. The molecule has 0 aliphatic carbocycles. The van der Waals surface area contributed by atoms with Crippen molar-refractivity contribution in [1.82, 2.24) is 9.66 Å². The fourth-order valence-electron chi connectivity index (χ4n) is 1.97. The van der Waals surface area contributed by atoms with Crippen molar-refractivity contribution in [2.75, 3.05) is 32.7 Å². The highest BCUT2D eigenvalue weighted by Gasteiger charge is 2.05. The molecule has 1 aromatic carbocycles. The first-order chi connectivity index (χ1) is 11.1. The number of imidazole rings is 1. The minimum atomic E-state index is 0.348. The lowest BCUT2D eigenvalue weighted by Crippen LogP contribution is -2.07. The van der Waals surface area contributed by atoms with Crippen LogP contribution in [0.1, 0.15) is 18.2 Å². The molecule has 0 atom stereocenters. The number of hydrogen-bond acceptors (Lipinski definition) is 6. The zero-order valence-electron chi connectivity index (χ0n) is 13.7. The van der Waals surface area contributed by atoms with Crippen molar-refractivity contribution < 1.29 is 14.2 Å². The van der Waals surface area contributed by atoms with Crippen molar-refractivity contribution in [2.45, 2.75) is 13.8 Å². The molecule has 0 unspecified atom stereocenters. The summed E-state index contributed by atoms with van der Waals surface area (Å²) in [5.41, 5.74) is 7.43. The van der Waals surface area contributed by atoms with Crippen LogP contribution >= 0.6 is 0 Å². The number of aromatic nitrogens is 2. The van der Waals surface area contributed by atoms with Crippen LogP contribution in [-0.4, -0.2) is 42.8 Å². The van der Waals surface area contributed by atoms with Crippen LogP contribution in [0, 0.1) is 6.92 Å². The van der Waals surface area contributed by atoms with Crippen LogP contribution in [0.4, 0.5) is 5.95 Å². The number of ether oxygens (including phenoxy) is 3. The van der Waals surface area contributed by atoms with Crippen LogP contribution < -0.4 is 15.2 Å². The van der Waals surface area contributed by atoms with Crippen LogP contribution in [0.15, 0.2) is 29.5 Å². The Morgan fingerprint density at radius 1 is 1.30 bits per heavy atom. The average Bonchev–Trinajstić information content (AvgIpc) is 2.87. The van der Waals surface area contributed by atoms with Gasteiger partial charge in [-0.2, -0.15) is 5.10 Å². The SMILES string of the molecule is CCOCCOc1cc(C=Nn2cc(C)nc2N)ccc1OC. The Bertz CT molecular complexity index is 667. The van der Waals surface area contributed by atoms with Gasteiger partial charge >= 0.3 is 0 Å². The lowest BCUT2D eigenvalue weighted by molar-refractivity contribution is 0.109. The zero-order chi connectivity index (χ0) is 16.7. The number of benzene rings is 1. The number of methoxy groups -OCH3 is 1. The van der Waals surface area contributed by atoms with Gasteiger partial charge in [0.1, 0.15) is 6.61 Å². The molecule has 7 heteroatoms. The maximum Gasteiger partial charge on any atom is 0.221 e. The molecule has 2 rings (SSSR count). The first kappa shape index (κ1) is 16.8. The van der Waals surface area contributed by atoms with Crippen molar-refractivity contribution >= 4 is 12.2 Å². The highest BCUT2D eigenvalue weighted by molar-refractivity contribution is 5.81. The van der Waals surface area contributed by atoms with Gasteiger partial charge in [-0.15, -0.1) is 0 Å². The second kappa shape index (κ2) is 8.19. The van der Waals surface area contributed by atoms with Gasteiger partial charge in [-0.05, 0) is 37.6 Å². The monoisotopic (exact) mass is 318 g/mol. The molecule has 0 radical (unpaired) electrons. The standard InChI is InChI=1S/C16H22N4O3/c1-4-22-7-8-23-15-9-13(5-6-14(15)21-3)10-18-20-11-12(2)19-16(20)17/h5-6,9-11H,4,7-8H2,1-3H3,(H2,17,19). The van der Waals surface area contributed by atoms with E-state index in [4.69, 9.17) is 19.9 Å². The summed E-state index contributed by atoms with van der Waals surface area (Å²) >= 11 is 0. The topological polar surface area (TPSA) is 83.9 Å². The summed E-state index contributed by atoms with van der Waals surface area (Å²) in [4.78, 5) is 4.09. The minimum absolute atomic E-state index is 0.348. The van der Waals surface area contributed by atoms with E-state index in [-0.39, 0.29) is 0 Å². The third kappa shape index (κ3) is 4.72. The minimum Gasteiger partial charge on any atom is -0.493 e. The molecule has 0 saturated carbocycles. The van der Waals surface area contributed by atoms with Crippen molar-refractivity contribution in [3.05, 3.63) is 35.7 Å². The van der Waals surface area contributed by atoms with E-state index in [2.05, 4.69) is 10.1 Å². The highest BCUT2D eigenvalue weighted by atomic mass is 16.5. The Kier molecular flexibility index (Phi) is 5.99. The number of rotatable bonds is 8. The third-order valence-corrected chi connectivity index (χ3v) is 3.04. The molecular weight excluding hydrogens is 296 g/mol. The van der Waals surface area contributed by atoms with Gasteiger partial charge in [0.2, 0.25) is 5.95 Å². The van der Waals surface area contributed by atoms with E-state index in [0.717, 1.165) is 11.3 Å². The molecule has 0 aliphatic rings. The van der Waals surface area contributed by atoms with Gasteiger partial charge in [-0.3, -0.25) is 0 Å². The van der Waals surface area contributed by atoms with Gasteiger partial charge in [0.05, 0.1) is 31.8 Å². The molecule has 0 spiro atoms. The smallest absolute Gasteiger partial charge is 0.221 e. The number of nitrogens with two attached hydrogens (primary N) is 1. The van der Waals surface area contributed by atoms with Crippen LogP contribution in [0.25, 0.3) is 0 Å². The van der Waals surface area contributed by atoms with Crippen molar-refractivity contribution in [3.63, 3.8) is 0 Å². The second-order valence-electron chi connectivity index (χ2n) is 4.79. The van der Waals surface area contributed by atoms with E-state index >= 15 is 0 Å². The predicted molar refractivity (Wildman–Crippen MR) is 89.4 cm³/mol. The Morgan fingerprint density at radius 3 is 2.78 bits per heavy atom. The van der Waals surface area contributed by atoms with E-state index in [0.29, 0.717) is 37.3 Å². The number of nitrogen functional groups attached to an aromatic ring is 1. The summed E-state index contributed by atoms with van der Waals surface area (Å²) < 4.78 is 17.8. The number of hydrogen-bond donors (Lipinski definition) is 1. The Balaban J connectivity index is 2.11.